The van der Waals surface area contributed by atoms with Gasteiger partial charge in [0.1, 0.15) is 0 Å². The zero-order chi connectivity index (χ0) is 12.4. The minimum atomic E-state index is -3.29. The van der Waals surface area contributed by atoms with Gasteiger partial charge in [-0.05, 0) is 19.8 Å². The van der Waals surface area contributed by atoms with Crippen molar-refractivity contribution in [2.75, 3.05) is 18.8 Å². The monoisotopic (exact) mass is 247 g/mol. The Balaban J connectivity index is 2.69. The number of carbonyl (C=O) groups is 1. The van der Waals surface area contributed by atoms with Gasteiger partial charge in [-0.2, -0.15) is 0 Å². The summed E-state index contributed by atoms with van der Waals surface area (Å²) in [6.45, 7) is 5.61. The lowest BCUT2D eigenvalue weighted by atomic mass is 9.81. The predicted octanol–water partition coefficient (Wildman–Crippen LogP) is 0.689. The Bertz CT molecular complexity index is 380. The van der Waals surface area contributed by atoms with Crippen molar-refractivity contribution in [3.05, 3.63) is 12.7 Å². The molecule has 1 aliphatic heterocycles. The highest BCUT2D eigenvalue weighted by Crippen LogP contribution is 2.32. The molecule has 1 saturated heterocycles. The molecule has 0 aromatic carbocycles. The summed E-state index contributed by atoms with van der Waals surface area (Å²) in [5.74, 6) is -0.940. The third-order valence-corrected chi connectivity index (χ3v) is 4.87. The van der Waals surface area contributed by atoms with Crippen LogP contribution in [0.2, 0.25) is 0 Å². The molecule has 0 atom stereocenters. The molecule has 0 amide bonds. The maximum atomic E-state index is 11.7. The Labute approximate surface area is 95.8 Å². The van der Waals surface area contributed by atoms with Crippen LogP contribution in [0.3, 0.4) is 0 Å². The van der Waals surface area contributed by atoms with Crippen LogP contribution in [0.1, 0.15) is 19.8 Å². The minimum absolute atomic E-state index is 0.0865. The van der Waals surface area contributed by atoms with E-state index in [9.17, 15) is 13.2 Å². The molecule has 0 aromatic rings. The van der Waals surface area contributed by atoms with E-state index in [2.05, 4.69) is 6.58 Å². The third-order valence-electron chi connectivity index (χ3n) is 3.06. The molecular weight excluding hydrogens is 230 g/mol. The average molecular weight is 247 g/mol. The molecule has 1 fully saturated rings. The first-order chi connectivity index (χ1) is 7.32. The first-order valence-corrected chi connectivity index (χ1v) is 6.75. The smallest absolute Gasteiger partial charge is 0.309 e. The Hall–Kier alpha value is -0.880. The molecule has 0 bridgehead atoms. The van der Waals surface area contributed by atoms with E-state index in [4.69, 9.17) is 5.11 Å². The summed E-state index contributed by atoms with van der Waals surface area (Å²) < 4.78 is 24.7. The van der Waals surface area contributed by atoms with Crippen molar-refractivity contribution in [2.24, 2.45) is 5.41 Å². The molecule has 16 heavy (non-hydrogen) atoms. The van der Waals surface area contributed by atoms with Crippen LogP contribution in [0.15, 0.2) is 12.7 Å². The molecule has 1 aliphatic rings. The van der Waals surface area contributed by atoms with Gasteiger partial charge in [-0.25, -0.2) is 12.7 Å². The van der Waals surface area contributed by atoms with Crippen molar-refractivity contribution in [1.29, 1.82) is 0 Å². The zero-order valence-electron chi connectivity index (χ0n) is 9.35. The normalized spacial score (nSPS) is 21.6. The van der Waals surface area contributed by atoms with Crippen LogP contribution >= 0.6 is 0 Å². The molecule has 6 heteroatoms. The molecular formula is C10H17NO4S. The molecule has 0 saturated carbocycles. The summed E-state index contributed by atoms with van der Waals surface area (Å²) in [5.41, 5.74) is -0.791. The van der Waals surface area contributed by atoms with E-state index in [0.29, 0.717) is 12.8 Å². The lowest BCUT2D eigenvalue weighted by molar-refractivity contribution is -0.150. The van der Waals surface area contributed by atoms with E-state index in [1.54, 1.807) is 6.92 Å². The number of nitrogens with zero attached hydrogens (tertiary/aromatic N) is 1. The number of rotatable bonds is 4. The SMILES string of the molecule is C=CCS(=O)(=O)N1CCC(C)(C(=O)O)CC1. The number of sulfonamides is 1. The van der Waals surface area contributed by atoms with Crippen LogP contribution < -0.4 is 0 Å². The van der Waals surface area contributed by atoms with Crippen LogP contribution in [-0.2, 0) is 14.8 Å². The largest absolute Gasteiger partial charge is 0.481 e. The van der Waals surface area contributed by atoms with Gasteiger partial charge in [0.05, 0.1) is 11.2 Å². The molecule has 1 N–H and O–H groups in total. The molecule has 0 radical (unpaired) electrons. The number of hydrogen-bond donors (Lipinski definition) is 1. The summed E-state index contributed by atoms with van der Waals surface area (Å²) in [4.78, 5) is 11.0. The van der Waals surface area contributed by atoms with Gasteiger partial charge in [0.2, 0.25) is 10.0 Å². The number of aliphatic carboxylic acids is 1. The van der Waals surface area contributed by atoms with Gasteiger partial charge < -0.3 is 5.11 Å². The Morgan fingerprint density at radius 1 is 1.50 bits per heavy atom. The van der Waals surface area contributed by atoms with Gasteiger partial charge in [-0.1, -0.05) is 6.08 Å². The maximum absolute atomic E-state index is 11.7. The van der Waals surface area contributed by atoms with E-state index >= 15 is 0 Å². The minimum Gasteiger partial charge on any atom is -0.481 e. The van der Waals surface area contributed by atoms with Gasteiger partial charge in [0.25, 0.3) is 0 Å². The standard InChI is InChI=1S/C10H17NO4S/c1-3-8-16(14,15)11-6-4-10(2,5-7-11)9(12)13/h3H,1,4-8H2,2H3,(H,12,13). The number of carboxylic acid groups (broad SMARTS) is 1. The highest BCUT2D eigenvalue weighted by atomic mass is 32.2. The molecule has 1 rings (SSSR count). The van der Waals surface area contributed by atoms with E-state index in [0.717, 1.165) is 0 Å². The topological polar surface area (TPSA) is 74.7 Å². The maximum Gasteiger partial charge on any atom is 0.309 e. The summed E-state index contributed by atoms with van der Waals surface area (Å²) >= 11 is 0. The van der Waals surface area contributed by atoms with Gasteiger partial charge in [-0.3, -0.25) is 4.79 Å². The third kappa shape index (κ3) is 2.62. The van der Waals surface area contributed by atoms with E-state index in [-0.39, 0.29) is 18.8 Å². The average Bonchev–Trinajstić information content (AvgIpc) is 2.18. The number of hydrogen-bond acceptors (Lipinski definition) is 3. The van der Waals surface area contributed by atoms with Gasteiger partial charge >= 0.3 is 5.97 Å². The second kappa shape index (κ2) is 4.55. The fraction of sp³-hybridized carbons (Fsp3) is 0.700. The number of piperidine rings is 1. The van der Waals surface area contributed by atoms with Crippen molar-refractivity contribution in [3.8, 4) is 0 Å². The fourth-order valence-corrected chi connectivity index (χ4v) is 2.97. The van der Waals surface area contributed by atoms with Crippen LogP contribution in [0.4, 0.5) is 0 Å². The van der Waals surface area contributed by atoms with Crippen LogP contribution in [-0.4, -0.2) is 42.6 Å². The molecule has 1 heterocycles. The molecule has 0 unspecified atom stereocenters. The molecule has 5 nitrogen and oxygen atoms in total. The number of carboxylic acids is 1. The van der Waals surface area contributed by atoms with Crippen molar-refractivity contribution >= 4 is 16.0 Å². The van der Waals surface area contributed by atoms with Crippen molar-refractivity contribution in [3.63, 3.8) is 0 Å². The van der Waals surface area contributed by atoms with Crippen molar-refractivity contribution in [2.45, 2.75) is 19.8 Å². The first kappa shape index (κ1) is 13.2. The van der Waals surface area contributed by atoms with Gasteiger partial charge in [-0.15, -0.1) is 6.58 Å². The second-order valence-electron chi connectivity index (χ2n) is 4.33. The predicted molar refractivity (Wildman–Crippen MR) is 60.5 cm³/mol. The van der Waals surface area contributed by atoms with Crippen LogP contribution in [0.25, 0.3) is 0 Å². The van der Waals surface area contributed by atoms with Gasteiger partial charge in [0, 0.05) is 13.1 Å². The highest BCUT2D eigenvalue weighted by molar-refractivity contribution is 7.89. The van der Waals surface area contributed by atoms with E-state index in [1.165, 1.54) is 10.4 Å². The molecule has 0 aliphatic carbocycles. The lowest BCUT2D eigenvalue weighted by Crippen LogP contribution is -2.45. The van der Waals surface area contributed by atoms with Crippen molar-refractivity contribution < 1.29 is 18.3 Å². The summed E-state index contributed by atoms with van der Waals surface area (Å²) in [6.07, 6.45) is 2.07. The quantitative estimate of drug-likeness (QED) is 0.742. The Morgan fingerprint density at radius 2 is 2.00 bits per heavy atom. The second-order valence-corrected chi connectivity index (χ2v) is 6.35. The summed E-state index contributed by atoms with van der Waals surface area (Å²) in [6, 6.07) is 0. The molecule has 0 aromatic heterocycles. The van der Waals surface area contributed by atoms with Crippen LogP contribution in [0, 0.1) is 5.41 Å². The Kier molecular flexibility index (Phi) is 3.75. The zero-order valence-corrected chi connectivity index (χ0v) is 10.2. The highest BCUT2D eigenvalue weighted by Gasteiger charge is 2.39. The molecule has 0 spiro atoms. The lowest BCUT2D eigenvalue weighted by Gasteiger charge is -2.35. The fourth-order valence-electron chi connectivity index (χ4n) is 1.73. The van der Waals surface area contributed by atoms with Crippen LogP contribution in [0.5, 0.6) is 0 Å². The Morgan fingerprint density at radius 3 is 2.38 bits per heavy atom. The molecule has 92 valence electrons. The van der Waals surface area contributed by atoms with E-state index < -0.39 is 21.4 Å². The van der Waals surface area contributed by atoms with E-state index in [1.807, 2.05) is 0 Å². The first-order valence-electron chi connectivity index (χ1n) is 5.14. The van der Waals surface area contributed by atoms with Gasteiger partial charge in [0.15, 0.2) is 0 Å². The van der Waals surface area contributed by atoms with Crippen molar-refractivity contribution in [1.82, 2.24) is 4.31 Å². The summed E-state index contributed by atoms with van der Waals surface area (Å²) in [5, 5.41) is 9.01. The summed E-state index contributed by atoms with van der Waals surface area (Å²) in [7, 11) is -3.29.